The number of halogens is 1. The zero-order valence-electron chi connectivity index (χ0n) is 18.6. The van der Waals surface area contributed by atoms with Crippen molar-refractivity contribution in [2.45, 2.75) is 26.1 Å². The molecule has 174 valence electrons. The van der Waals surface area contributed by atoms with Gasteiger partial charge in [-0.1, -0.05) is 0 Å². The largest absolute Gasteiger partial charge is 0.488 e. The molecule has 1 aromatic heterocycles. The maximum Gasteiger partial charge on any atom is 0.268 e. The number of hydrogen-bond donors (Lipinski definition) is 4. The Morgan fingerprint density at radius 2 is 1.97 bits per heavy atom. The predicted octanol–water partition coefficient (Wildman–Crippen LogP) is 3.46. The van der Waals surface area contributed by atoms with E-state index in [9.17, 15) is 14.0 Å². The maximum atomic E-state index is 14.5. The molecule has 2 aliphatic heterocycles. The van der Waals surface area contributed by atoms with E-state index < -0.39 is 11.4 Å². The zero-order valence-corrected chi connectivity index (χ0v) is 18.6. The Bertz CT molecular complexity index is 1340. The molecule has 0 unspecified atom stereocenters. The Labute approximate surface area is 193 Å². The lowest BCUT2D eigenvalue weighted by molar-refractivity contribution is -0.129. The minimum atomic E-state index is -0.987. The highest BCUT2D eigenvalue weighted by Crippen LogP contribution is 2.38. The number of benzene rings is 2. The van der Waals surface area contributed by atoms with Crippen molar-refractivity contribution in [3.63, 3.8) is 0 Å². The third-order valence-corrected chi connectivity index (χ3v) is 5.49. The highest BCUT2D eigenvalue weighted by Gasteiger charge is 2.35. The van der Waals surface area contributed by atoms with Crippen molar-refractivity contribution in [1.82, 2.24) is 15.3 Å². The average Bonchev–Trinajstić information content (AvgIpc) is 2.78. The molecule has 34 heavy (non-hydrogen) atoms. The van der Waals surface area contributed by atoms with E-state index in [0.717, 1.165) is 11.8 Å². The van der Waals surface area contributed by atoms with Crippen LogP contribution < -0.4 is 30.7 Å². The van der Waals surface area contributed by atoms with Gasteiger partial charge in [0.25, 0.3) is 11.8 Å². The van der Waals surface area contributed by atoms with Crippen LogP contribution in [0.5, 0.6) is 11.5 Å². The van der Waals surface area contributed by atoms with Gasteiger partial charge in [-0.05, 0) is 44.2 Å². The summed E-state index contributed by atoms with van der Waals surface area (Å²) < 4.78 is 25.6. The quantitative estimate of drug-likeness (QED) is 0.452. The van der Waals surface area contributed by atoms with Crippen LogP contribution in [-0.2, 0) is 11.4 Å². The highest BCUT2D eigenvalue weighted by atomic mass is 19.1. The van der Waals surface area contributed by atoms with Gasteiger partial charge < -0.3 is 30.7 Å². The second-order valence-electron chi connectivity index (χ2n) is 8.25. The lowest BCUT2D eigenvalue weighted by atomic mass is 10.0. The summed E-state index contributed by atoms with van der Waals surface area (Å²) in [5, 5.41) is 11.3. The van der Waals surface area contributed by atoms with Gasteiger partial charge in [0.05, 0.1) is 23.1 Å². The Hall–Kier alpha value is -4.41. The average molecular weight is 464 g/mol. The number of amides is 2. The van der Waals surface area contributed by atoms with Crippen molar-refractivity contribution in [1.29, 1.82) is 0 Å². The third-order valence-electron chi connectivity index (χ3n) is 5.49. The normalized spacial score (nSPS) is 14.9. The Balaban J connectivity index is 1.41. The number of carbonyl (C=O) groups is 2. The van der Waals surface area contributed by atoms with Gasteiger partial charge in [-0.25, -0.2) is 9.37 Å². The van der Waals surface area contributed by atoms with Gasteiger partial charge in [0, 0.05) is 18.3 Å². The monoisotopic (exact) mass is 464 g/mol. The summed E-state index contributed by atoms with van der Waals surface area (Å²) in [4.78, 5) is 32.8. The van der Waals surface area contributed by atoms with Crippen LogP contribution in [0, 0.1) is 5.82 Å². The minimum absolute atomic E-state index is 0.0883. The van der Waals surface area contributed by atoms with Gasteiger partial charge in [0.15, 0.2) is 17.2 Å². The number of anilines is 5. The summed E-state index contributed by atoms with van der Waals surface area (Å²) in [5.74, 6) is -0.107. The van der Waals surface area contributed by atoms with Gasteiger partial charge in [-0.15, -0.1) is 0 Å². The minimum Gasteiger partial charge on any atom is -0.488 e. The van der Waals surface area contributed by atoms with Crippen LogP contribution in [0.2, 0.25) is 0 Å². The van der Waals surface area contributed by atoms with Gasteiger partial charge >= 0.3 is 0 Å². The molecule has 4 N–H and O–H groups in total. The molecule has 0 fully saturated rings. The molecule has 10 nitrogen and oxygen atoms in total. The number of nitrogens with zero attached hydrogens (tertiary/aromatic N) is 2. The molecular weight excluding hydrogens is 443 g/mol. The van der Waals surface area contributed by atoms with E-state index in [1.54, 1.807) is 44.2 Å². The molecule has 0 saturated heterocycles. The molecule has 3 heterocycles. The Kier molecular flexibility index (Phi) is 4.96. The molecule has 0 spiro atoms. The van der Waals surface area contributed by atoms with E-state index in [1.165, 1.54) is 7.05 Å². The van der Waals surface area contributed by atoms with Crippen molar-refractivity contribution < 1.29 is 23.5 Å². The summed E-state index contributed by atoms with van der Waals surface area (Å²) in [6, 6.07) is 8.40. The first-order valence-corrected chi connectivity index (χ1v) is 10.5. The SMILES string of the molecule is CNC(=O)c1c(Nc2ncc(F)c(Nc3ccc4c(c3)NC(=O)C(C)(C)O4)n2)ccc2c1CO2. The number of aromatic nitrogens is 2. The smallest absolute Gasteiger partial charge is 0.268 e. The van der Waals surface area contributed by atoms with Crippen molar-refractivity contribution >= 4 is 40.6 Å². The second-order valence-corrected chi connectivity index (χ2v) is 8.25. The van der Waals surface area contributed by atoms with E-state index in [2.05, 4.69) is 31.2 Å². The van der Waals surface area contributed by atoms with Crippen LogP contribution in [-0.4, -0.2) is 34.4 Å². The third kappa shape index (κ3) is 3.70. The van der Waals surface area contributed by atoms with Crippen LogP contribution in [0.3, 0.4) is 0 Å². The summed E-state index contributed by atoms with van der Waals surface area (Å²) in [6.45, 7) is 3.66. The molecule has 0 saturated carbocycles. The fraction of sp³-hybridized carbons (Fsp3) is 0.217. The highest BCUT2D eigenvalue weighted by molar-refractivity contribution is 6.02. The van der Waals surface area contributed by atoms with Crippen LogP contribution in [0.25, 0.3) is 0 Å². The summed E-state index contributed by atoms with van der Waals surface area (Å²) >= 11 is 0. The van der Waals surface area contributed by atoms with Crippen LogP contribution >= 0.6 is 0 Å². The van der Waals surface area contributed by atoms with Crippen molar-refractivity contribution in [3.8, 4) is 11.5 Å². The fourth-order valence-corrected chi connectivity index (χ4v) is 3.63. The van der Waals surface area contributed by atoms with Crippen LogP contribution in [0.15, 0.2) is 36.5 Å². The number of rotatable bonds is 5. The predicted molar refractivity (Wildman–Crippen MR) is 122 cm³/mol. The zero-order chi connectivity index (χ0) is 24.0. The number of carbonyl (C=O) groups excluding carboxylic acids is 2. The molecule has 5 rings (SSSR count). The molecule has 11 heteroatoms. The van der Waals surface area contributed by atoms with E-state index in [1.807, 2.05) is 0 Å². The number of ether oxygens (including phenoxy) is 2. The molecule has 0 radical (unpaired) electrons. The van der Waals surface area contributed by atoms with Crippen molar-refractivity contribution in [2.75, 3.05) is 23.0 Å². The van der Waals surface area contributed by atoms with Crippen molar-refractivity contribution in [2.24, 2.45) is 0 Å². The first-order valence-electron chi connectivity index (χ1n) is 10.5. The molecule has 0 aliphatic carbocycles. The van der Waals surface area contributed by atoms with Crippen LogP contribution in [0.1, 0.15) is 29.8 Å². The number of hydrogen-bond acceptors (Lipinski definition) is 8. The molecule has 3 aromatic rings. The molecule has 2 aliphatic rings. The van der Waals surface area contributed by atoms with Gasteiger partial charge in [0.1, 0.15) is 18.1 Å². The first-order chi connectivity index (χ1) is 16.2. The van der Waals surface area contributed by atoms with Gasteiger partial charge in [0.2, 0.25) is 5.95 Å². The van der Waals surface area contributed by atoms with Crippen molar-refractivity contribution in [3.05, 3.63) is 53.5 Å². The summed E-state index contributed by atoms with van der Waals surface area (Å²) in [7, 11) is 1.54. The molecule has 2 aromatic carbocycles. The fourth-order valence-electron chi connectivity index (χ4n) is 3.63. The molecule has 2 amide bonds. The van der Waals surface area contributed by atoms with Crippen LogP contribution in [0.4, 0.5) is 33.2 Å². The van der Waals surface area contributed by atoms with E-state index in [4.69, 9.17) is 9.47 Å². The topological polar surface area (TPSA) is 127 Å². The molecular formula is C23H21FN6O4. The maximum absolute atomic E-state index is 14.5. The van der Waals surface area contributed by atoms with Gasteiger partial charge in [-0.2, -0.15) is 4.98 Å². The molecule has 0 atom stereocenters. The first kappa shape index (κ1) is 21.4. The lowest BCUT2D eigenvalue weighted by Crippen LogP contribution is -2.45. The Morgan fingerprint density at radius 1 is 1.18 bits per heavy atom. The summed E-state index contributed by atoms with van der Waals surface area (Å²) in [5.41, 5.74) is 1.61. The number of nitrogens with one attached hydrogen (secondary N) is 4. The lowest BCUT2D eigenvalue weighted by Gasteiger charge is -2.31. The van der Waals surface area contributed by atoms with E-state index in [-0.39, 0.29) is 23.6 Å². The standard InChI is InChI=1S/C23H21FN6O4/c1-23(2)21(32)28-15-8-11(4-6-17(15)34-23)27-19-13(24)9-26-22(30-19)29-14-5-7-16-12(10-33-16)18(14)20(31)25-3/h4-9H,10H2,1-3H3,(H,25,31)(H,28,32)(H2,26,27,29,30). The van der Waals surface area contributed by atoms with Gasteiger partial charge in [-0.3, -0.25) is 9.59 Å². The summed E-state index contributed by atoms with van der Waals surface area (Å²) in [6.07, 6.45) is 1.02. The van der Waals surface area contributed by atoms with E-state index in [0.29, 0.717) is 40.7 Å². The van der Waals surface area contributed by atoms with E-state index >= 15 is 0 Å². The number of fused-ring (bicyclic) bond motifs is 2. The second kappa shape index (κ2) is 7.87. The Morgan fingerprint density at radius 3 is 2.71 bits per heavy atom. The molecule has 0 bridgehead atoms.